The van der Waals surface area contributed by atoms with Gasteiger partial charge in [0.15, 0.2) is 0 Å². The molecule has 5 nitrogen and oxygen atoms in total. The summed E-state index contributed by atoms with van der Waals surface area (Å²) in [4.78, 5) is 26.1. The number of piperidine rings is 1. The van der Waals surface area contributed by atoms with E-state index in [2.05, 4.69) is 32.4 Å². The van der Waals surface area contributed by atoms with E-state index < -0.39 is 11.8 Å². The van der Waals surface area contributed by atoms with Gasteiger partial charge in [0.25, 0.3) is 0 Å². The van der Waals surface area contributed by atoms with Gasteiger partial charge >= 0.3 is 11.8 Å². The van der Waals surface area contributed by atoms with Crippen molar-refractivity contribution in [2.24, 2.45) is 0 Å². The Balaban J connectivity index is 1.57. The Morgan fingerprint density at radius 2 is 2.00 bits per heavy atom. The smallest absolute Gasteiger partial charge is 0.309 e. The molecule has 1 saturated carbocycles. The molecule has 2 N–H and O–H groups in total. The summed E-state index contributed by atoms with van der Waals surface area (Å²) in [6.45, 7) is 2.61. The van der Waals surface area contributed by atoms with Crippen LogP contribution in [0.4, 0.5) is 0 Å². The van der Waals surface area contributed by atoms with Crippen LogP contribution in [0, 0.1) is 0 Å². The molecule has 1 aliphatic heterocycles. The molecule has 2 heterocycles. The maximum Gasteiger partial charge on any atom is 0.309 e. The molecule has 0 spiro atoms. The SMILES string of the molecule is O=C(NCC(c1ccsc1)N1CCCCC1)C(=O)NC1CC1. The van der Waals surface area contributed by atoms with Crippen LogP contribution in [-0.2, 0) is 9.59 Å². The molecule has 1 aromatic heterocycles. The van der Waals surface area contributed by atoms with Gasteiger partial charge in [-0.05, 0) is 61.2 Å². The molecule has 1 saturated heterocycles. The molecule has 6 heteroatoms. The monoisotopic (exact) mass is 321 g/mol. The molecule has 0 radical (unpaired) electrons. The highest BCUT2D eigenvalue weighted by Gasteiger charge is 2.28. The van der Waals surface area contributed by atoms with Crippen LogP contribution in [-0.4, -0.2) is 42.4 Å². The average molecular weight is 321 g/mol. The van der Waals surface area contributed by atoms with Crippen molar-refractivity contribution in [3.05, 3.63) is 22.4 Å². The van der Waals surface area contributed by atoms with Crippen LogP contribution in [0.1, 0.15) is 43.7 Å². The molecule has 1 atom stereocenters. The first-order valence-electron chi connectivity index (χ1n) is 8.09. The molecule has 22 heavy (non-hydrogen) atoms. The van der Waals surface area contributed by atoms with Gasteiger partial charge in [0.05, 0.1) is 6.04 Å². The fraction of sp³-hybridized carbons (Fsp3) is 0.625. The van der Waals surface area contributed by atoms with Gasteiger partial charge in [-0.2, -0.15) is 11.3 Å². The van der Waals surface area contributed by atoms with Crippen molar-refractivity contribution in [2.45, 2.75) is 44.2 Å². The summed E-state index contributed by atoms with van der Waals surface area (Å²) < 4.78 is 0. The highest BCUT2D eigenvalue weighted by molar-refractivity contribution is 7.07. The second-order valence-corrected chi connectivity index (χ2v) is 6.91. The van der Waals surface area contributed by atoms with Crippen molar-refractivity contribution in [2.75, 3.05) is 19.6 Å². The van der Waals surface area contributed by atoms with E-state index in [1.807, 2.05) is 0 Å². The Morgan fingerprint density at radius 1 is 1.23 bits per heavy atom. The number of hydrogen-bond acceptors (Lipinski definition) is 4. The number of rotatable bonds is 5. The van der Waals surface area contributed by atoms with Gasteiger partial charge in [0, 0.05) is 12.6 Å². The van der Waals surface area contributed by atoms with Gasteiger partial charge in [-0.1, -0.05) is 6.42 Å². The quantitative estimate of drug-likeness (QED) is 0.811. The Labute approximate surface area is 135 Å². The highest BCUT2D eigenvalue weighted by atomic mass is 32.1. The number of carbonyl (C=O) groups excluding carboxylic acids is 2. The average Bonchev–Trinajstić information content (AvgIpc) is 3.19. The zero-order valence-electron chi connectivity index (χ0n) is 12.7. The Kier molecular flexibility index (Phi) is 5.10. The van der Waals surface area contributed by atoms with Crippen LogP contribution in [0.3, 0.4) is 0 Å². The minimum atomic E-state index is -0.510. The Hall–Kier alpha value is -1.40. The molecule has 1 aliphatic carbocycles. The van der Waals surface area contributed by atoms with Crippen molar-refractivity contribution in [1.29, 1.82) is 0 Å². The topological polar surface area (TPSA) is 61.4 Å². The molecule has 3 rings (SSSR count). The standard InChI is InChI=1S/C16H23N3O2S/c20-15(16(21)18-13-4-5-13)17-10-14(12-6-9-22-11-12)19-7-2-1-3-8-19/h6,9,11,13-14H,1-5,7-8,10H2,(H,17,20)(H,18,21). The van der Waals surface area contributed by atoms with E-state index >= 15 is 0 Å². The number of thiophene rings is 1. The summed E-state index contributed by atoms with van der Waals surface area (Å²) in [7, 11) is 0. The molecule has 2 fully saturated rings. The Bertz CT molecular complexity index is 507. The number of nitrogens with zero attached hydrogens (tertiary/aromatic N) is 1. The molecule has 2 amide bonds. The van der Waals surface area contributed by atoms with Crippen LogP contribution in [0.15, 0.2) is 16.8 Å². The lowest BCUT2D eigenvalue weighted by Crippen LogP contribution is -2.45. The molecular formula is C16H23N3O2S. The van der Waals surface area contributed by atoms with E-state index in [9.17, 15) is 9.59 Å². The molecule has 2 aliphatic rings. The summed E-state index contributed by atoms with van der Waals surface area (Å²) in [5, 5.41) is 9.74. The van der Waals surface area contributed by atoms with Gasteiger partial charge in [0.2, 0.25) is 0 Å². The summed E-state index contributed by atoms with van der Waals surface area (Å²) in [6.07, 6.45) is 5.67. The maximum absolute atomic E-state index is 11.9. The largest absolute Gasteiger partial charge is 0.346 e. The number of likely N-dealkylation sites (tertiary alicyclic amines) is 1. The van der Waals surface area contributed by atoms with E-state index in [1.54, 1.807) is 11.3 Å². The fourth-order valence-electron chi connectivity index (χ4n) is 2.90. The summed E-state index contributed by atoms with van der Waals surface area (Å²) in [5.74, 6) is -1.01. The molecular weight excluding hydrogens is 298 g/mol. The number of hydrogen-bond donors (Lipinski definition) is 2. The zero-order chi connectivity index (χ0) is 15.4. The van der Waals surface area contributed by atoms with E-state index in [1.165, 1.54) is 24.8 Å². The lowest BCUT2D eigenvalue weighted by molar-refractivity contribution is -0.139. The highest BCUT2D eigenvalue weighted by Crippen LogP contribution is 2.25. The van der Waals surface area contributed by atoms with Gasteiger partial charge in [-0.3, -0.25) is 14.5 Å². The fourth-order valence-corrected chi connectivity index (χ4v) is 3.61. The third-order valence-corrected chi connectivity index (χ3v) is 5.04. The predicted molar refractivity (Wildman–Crippen MR) is 86.7 cm³/mol. The van der Waals surface area contributed by atoms with Crippen molar-refractivity contribution in [3.8, 4) is 0 Å². The normalized spacial score (nSPS) is 20.4. The van der Waals surface area contributed by atoms with E-state index in [-0.39, 0.29) is 12.1 Å². The Morgan fingerprint density at radius 3 is 2.64 bits per heavy atom. The lowest BCUT2D eigenvalue weighted by atomic mass is 10.0. The zero-order valence-corrected chi connectivity index (χ0v) is 13.5. The summed E-state index contributed by atoms with van der Waals surface area (Å²) in [5.41, 5.74) is 1.23. The third kappa shape index (κ3) is 4.08. The third-order valence-electron chi connectivity index (χ3n) is 4.33. The first-order valence-corrected chi connectivity index (χ1v) is 9.03. The number of nitrogens with one attached hydrogen (secondary N) is 2. The van der Waals surface area contributed by atoms with Gasteiger partial charge in [-0.15, -0.1) is 0 Å². The van der Waals surface area contributed by atoms with Crippen LogP contribution >= 0.6 is 11.3 Å². The van der Waals surface area contributed by atoms with Crippen LogP contribution in [0.2, 0.25) is 0 Å². The minimum absolute atomic E-state index is 0.171. The molecule has 0 aromatic carbocycles. The van der Waals surface area contributed by atoms with E-state index in [4.69, 9.17) is 0 Å². The molecule has 1 unspecified atom stereocenters. The maximum atomic E-state index is 11.9. The van der Waals surface area contributed by atoms with Gasteiger partial charge in [-0.25, -0.2) is 0 Å². The van der Waals surface area contributed by atoms with Crippen molar-refractivity contribution in [3.63, 3.8) is 0 Å². The van der Waals surface area contributed by atoms with E-state index in [0.717, 1.165) is 25.9 Å². The first kappa shape index (κ1) is 15.5. The van der Waals surface area contributed by atoms with Crippen LogP contribution < -0.4 is 10.6 Å². The van der Waals surface area contributed by atoms with Crippen molar-refractivity contribution >= 4 is 23.2 Å². The predicted octanol–water partition coefficient (Wildman–Crippen LogP) is 1.67. The molecule has 0 bridgehead atoms. The first-order chi connectivity index (χ1) is 10.7. The number of amides is 2. The number of carbonyl (C=O) groups is 2. The molecule has 1 aromatic rings. The second kappa shape index (κ2) is 7.24. The van der Waals surface area contributed by atoms with Crippen LogP contribution in [0.5, 0.6) is 0 Å². The lowest BCUT2D eigenvalue weighted by Gasteiger charge is -2.34. The van der Waals surface area contributed by atoms with Crippen molar-refractivity contribution < 1.29 is 9.59 Å². The van der Waals surface area contributed by atoms with Crippen molar-refractivity contribution in [1.82, 2.24) is 15.5 Å². The summed E-state index contributed by atoms with van der Waals surface area (Å²) >= 11 is 1.67. The minimum Gasteiger partial charge on any atom is -0.346 e. The van der Waals surface area contributed by atoms with E-state index in [0.29, 0.717) is 6.54 Å². The second-order valence-electron chi connectivity index (χ2n) is 6.13. The van der Waals surface area contributed by atoms with Gasteiger partial charge < -0.3 is 10.6 Å². The summed E-state index contributed by atoms with van der Waals surface area (Å²) in [6, 6.07) is 2.50. The van der Waals surface area contributed by atoms with Crippen LogP contribution in [0.25, 0.3) is 0 Å². The van der Waals surface area contributed by atoms with Gasteiger partial charge in [0.1, 0.15) is 0 Å². The molecule has 120 valence electrons.